The standard InChI is InChI=1S/C22H23N3O3/c1-16(26)23-11-13-24(14-12-23)21(27)18-6-4-7-19(15-18)22(28)25-10-9-17-5-2-3-8-20(17)25/h2-8,15H,9-14H2,1H3. The molecule has 6 heteroatoms. The van der Waals surface area contributed by atoms with Crippen molar-refractivity contribution in [1.82, 2.24) is 9.80 Å². The number of hydrogen-bond donors (Lipinski definition) is 0. The lowest BCUT2D eigenvalue weighted by Gasteiger charge is -2.34. The van der Waals surface area contributed by atoms with Crippen LogP contribution in [-0.4, -0.2) is 60.2 Å². The second-order valence-corrected chi connectivity index (χ2v) is 7.21. The van der Waals surface area contributed by atoms with E-state index in [0.717, 1.165) is 12.1 Å². The molecular formula is C22H23N3O3. The fraction of sp³-hybridized carbons (Fsp3) is 0.318. The normalized spacial score (nSPS) is 16.1. The van der Waals surface area contributed by atoms with Crippen molar-refractivity contribution >= 4 is 23.4 Å². The molecule has 0 aliphatic carbocycles. The molecule has 6 nitrogen and oxygen atoms in total. The van der Waals surface area contributed by atoms with E-state index in [4.69, 9.17) is 0 Å². The van der Waals surface area contributed by atoms with E-state index in [0.29, 0.717) is 43.9 Å². The van der Waals surface area contributed by atoms with E-state index in [1.165, 1.54) is 5.56 Å². The van der Waals surface area contributed by atoms with Crippen molar-refractivity contribution in [2.45, 2.75) is 13.3 Å². The quantitative estimate of drug-likeness (QED) is 0.806. The van der Waals surface area contributed by atoms with Crippen LogP contribution in [0.15, 0.2) is 48.5 Å². The van der Waals surface area contributed by atoms with Gasteiger partial charge in [-0.05, 0) is 36.2 Å². The van der Waals surface area contributed by atoms with E-state index in [1.54, 1.807) is 45.9 Å². The molecule has 0 atom stereocenters. The van der Waals surface area contributed by atoms with Gasteiger partial charge >= 0.3 is 0 Å². The van der Waals surface area contributed by atoms with E-state index in [1.807, 2.05) is 24.3 Å². The summed E-state index contributed by atoms with van der Waals surface area (Å²) >= 11 is 0. The Bertz CT molecular complexity index is 932. The molecule has 0 spiro atoms. The van der Waals surface area contributed by atoms with Crippen LogP contribution in [0.3, 0.4) is 0 Å². The molecule has 2 aliphatic rings. The topological polar surface area (TPSA) is 60.9 Å². The first kappa shape index (κ1) is 18.2. The van der Waals surface area contributed by atoms with Crippen molar-refractivity contribution < 1.29 is 14.4 Å². The third-order valence-corrected chi connectivity index (χ3v) is 5.50. The lowest BCUT2D eigenvalue weighted by Crippen LogP contribution is -2.50. The summed E-state index contributed by atoms with van der Waals surface area (Å²) in [5.41, 5.74) is 3.15. The van der Waals surface area contributed by atoms with Crippen LogP contribution in [0.25, 0.3) is 0 Å². The van der Waals surface area contributed by atoms with Crippen LogP contribution >= 0.6 is 0 Å². The molecule has 2 heterocycles. The number of anilines is 1. The summed E-state index contributed by atoms with van der Waals surface area (Å²) in [6, 6.07) is 14.9. The monoisotopic (exact) mass is 377 g/mol. The van der Waals surface area contributed by atoms with Crippen molar-refractivity contribution in [1.29, 1.82) is 0 Å². The number of rotatable bonds is 2. The molecule has 0 N–H and O–H groups in total. The minimum absolute atomic E-state index is 0.0330. The van der Waals surface area contributed by atoms with Crippen LogP contribution in [0.1, 0.15) is 33.2 Å². The Morgan fingerprint density at radius 1 is 0.750 bits per heavy atom. The van der Waals surface area contributed by atoms with Gasteiger partial charge in [-0.15, -0.1) is 0 Å². The van der Waals surface area contributed by atoms with Gasteiger partial charge < -0.3 is 14.7 Å². The van der Waals surface area contributed by atoms with Gasteiger partial charge in [0.1, 0.15) is 0 Å². The van der Waals surface area contributed by atoms with E-state index in [9.17, 15) is 14.4 Å². The van der Waals surface area contributed by atoms with Gasteiger partial charge in [0.15, 0.2) is 0 Å². The molecular weight excluding hydrogens is 354 g/mol. The molecule has 28 heavy (non-hydrogen) atoms. The number of carbonyl (C=O) groups excluding carboxylic acids is 3. The first-order valence-corrected chi connectivity index (χ1v) is 9.59. The third-order valence-electron chi connectivity index (χ3n) is 5.50. The first-order valence-electron chi connectivity index (χ1n) is 9.59. The second-order valence-electron chi connectivity index (χ2n) is 7.21. The Labute approximate surface area is 164 Å². The second kappa shape index (κ2) is 7.46. The smallest absolute Gasteiger partial charge is 0.258 e. The Morgan fingerprint density at radius 3 is 2.11 bits per heavy atom. The highest BCUT2D eigenvalue weighted by molar-refractivity contribution is 6.08. The summed E-state index contributed by atoms with van der Waals surface area (Å²) in [6.45, 7) is 4.31. The van der Waals surface area contributed by atoms with Gasteiger partial charge in [-0.1, -0.05) is 24.3 Å². The third kappa shape index (κ3) is 3.38. The fourth-order valence-corrected chi connectivity index (χ4v) is 3.90. The molecule has 0 unspecified atom stereocenters. The predicted octanol–water partition coefficient (Wildman–Crippen LogP) is 2.19. The number of benzene rings is 2. The van der Waals surface area contributed by atoms with Gasteiger partial charge in [0.2, 0.25) is 5.91 Å². The van der Waals surface area contributed by atoms with Crippen LogP contribution in [0, 0.1) is 0 Å². The van der Waals surface area contributed by atoms with Crippen LogP contribution in [0.2, 0.25) is 0 Å². The van der Waals surface area contributed by atoms with Crippen molar-refractivity contribution in [3.05, 3.63) is 65.2 Å². The van der Waals surface area contributed by atoms with Gasteiger partial charge in [0.25, 0.3) is 11.8 Å². The van der Waals surface area contributed by atoms with Gasteiger partial charge in [-0.2, -0.15) is 0 Å². The van der Waals surface area contributed by atoms with Crippen LogP contribution in [0.5, 0.6) is 0 Å². The summed E-state index contributed by atoms with van der Waals surface area (Å²) in [6.07, 6.45) is 0.848. The minimum atomic E-state index is -0.0975. The summed E-state index contributed by atoms with van der Waals surface area (Å²) in [5.74, 6) is -0.147. The maximum atomic E-state index is 13.0. The highest BCUT2D eigenvalue weighted by atomic mass is 16.2. The zero-order valence-electron chi connectivity index (χ0n) is 15.9. The molecule has 0 saturated carbocycles. The van der Waals surface area contributed by atoms with Gasteiger partial charge in [-0.25, -0.2) is 0 Å². The van der Waals surface area contributed by atoms with E-state index >= 15 is 0 Å². The molecule has 1 saturated heterocycles. The molecule has 2 aromatic rings. The SMILES string of the molecule is CC(=O)N1CCN(C(=O)c2cccc(C(=O)N3CCc4ccccc43)c2)CC1. The lowest BCUT2D eigenvalue weighted by molar-refractivity contribution is -0.130. The number of nitrogens with zero attached hydrogens (tertiary/aromatic N) is 3. The lowest BCUT2D eigenvalue weighted by atomic mass is 10.1. The van der Waals surface area contributed by atoms with Crippen molar-refractivity contribution in [2.75, 3.05) is 37.6 Å². The van der Waals surface area contributed by atoms with Crippen molar-refractivity contribution in [2.24, 2.45) is 0 Å². The maximum Gasteiger partial charge on any atom is 0.258 e. The maximum absolute atomic E-state index is 13.0. The van der Waals surface area contributed by atoms with Crippen molar-refractivity contribution in [3.8, 4) is 0 Å². The van der Waals surface area contributed by atoms with E-state index in [-0.39, 0.29) is 17.7 Å². The predicted molar refractivity (Wildman–Crippen MR) is 106 cm³/mol. The average molecular weight is 377 g/mol. The van der Waals surface area contributed by atoms with E-state index < -0.39 is 0 Å². The zero-order valence-corrected chi connectivity index (χ0v) is 15.9. The molecule has 2 aliphatic heterocycles. The Hall–Kier alpha value is -3.15. The summed E-state index contributed by atoms with van der Waals surface area (Å²) in [5, 5.41) is 0. The minimum Gasteiger partial charge on any atom is -0.339 e. The van der Waals surface area contributed by atoms with Gasteiger partial charge in [0.05, 0.1) is 0 Å². The molecule has 0 aromatic heterocycles. The Balaban J connectivity index is 1.50. The Morgan fingerprint density at radius 2 is 1.39 bits per heavy atom. The van der Waals surface area contributed by atoms with E-state index in [2.05, 4.69) is 0 Å². The summed E-state index contributed by atoms with van der Waals surface area (Å²) in [4.78, 5) is 42.6. The molecule has 3 amide bonds. The van der Waals surface area contributed by atoms with Gasteiger partial charge in [0, 0.05) is 56.5 Å². The molecule has 4 rings (SSSR count). The number of para-hydroxylation sites is 1. The molecule has 144 valence electrons. The molecule has 0 radical (unpaired) electrons. The summed E-state index contributed by atoms with van der Waals surface area (Å²) < 4.78 is 0. The molecule has 1 fully saturated rings. The number of carbonyl (C=O) groups is 3. The van der Waals surface area contributed by atoms with Crippen LogP contribution in [0.4, 0.5) is 5.69 Å². The van der Waals surface area contributed by atoms with Gasteiger partial charge in [-0.3, -0.25) is 14.4 Å². The van der Waals surface area contributed by atoms with Crippen LogP contribution in [-0.2, 0) is 11.2 Å². The number of hydrogen-bond acceptors (Lipinski definition) is 3. The summed E-state index contributed by atoms with van der Waals surface area (Å²) in [7, 11) is 0. The fourth-order valence-electron chi connectivity index (χ4n) is 3.90. The molecule has 2 aromatic carbocycles. The Kier molecular flexibility index (Phi) is 4.86. The average Bonchev–Trinajstić information content (AvgIpc) is 3.17. The van der Waals surface area contributed by atoms with Crippen LogP contribution < -0.4 is 4.90 Å². The molecule has 0 bridgehead atoms. The van der Waals surface area contributed by atoms with Crippen molar-refractivity contribution in [3.63, 3.8) is 0 Å². The highest BCUT2D eigenvalue weighted by Crippen LogP contribution is 2.29. The number of amides is 3. The first-order chi connectivity index (χ1) is 13.5. The zero-order chi connectivity index (χ0) is 19.7. The largest absolute Gasteiger partial charge is 0.339 e. The number of piperazine rings is 1. The number of fused-ring (bicyclic) bond motifs is 1. The highest BCUT2D eigenvalue weighted by Gasteiger charge is 2.27.